The number of hydrogen-bond donors (Lipinski definition) is 2. The lowest BCUT2D eigenvalue weighted by atomic mass is 10.0. The van der Waals surface area contributed by atoms with Gasteiger partial charge in [-0.05, 0) is 25.8 Å². The molecule has 2 fully saturated rings. The Labute approximate surface area is 98.4 Å². The lowest BCUT2D eigenvalue weighted by molar-refractivity contribution is 0.0357. The molecule has 0 bridgehead atoms. The molecule has 0 saturated carbocycles. The van der Waals surface area contributed by atoms with Crippen molar-refractivity contribution in [2.75, 3.05) is 32.8 Å². The molecule has 2 aliphatic heterocycles. The predicted octanol–water partition coefficient (Wildman–Crippen LogP) is -0.135. The SMILES string of the molecule is CCC(N)C(CO)N1CCN2CCCC2C1. The summed E-state index contributed by atoms with van der Waals surface area (Å²) >= 11 is 0. The van der Waals surface area contributed by atoms with Crippen molar-refractivity contribution < 1.29 is 5.11 Å². The van der Waals surface area contributed by atoms with Gasteiger partial charge in [0.15, 0.2) is 0 Å². The highest BCUT2D eigenvalue weighted by Gasteiger charge is 2.34. The highest BCUT2D eigenvalue weighted by Crippen LogP contribution is 2.23. The van der Waals surface area contributed by atoms with Crippen molar-refractivity contribution in [3.8, 4) is 0 Å². The van der Waals surface area contributed by atoms with Crippen LogP contribution in [0.4, 0.5) is 0 Å². The van der Waals surface area contributed by atoms with Crippen LogP contribution in [0.2, 0.25) is 0 Å². The smallest absolute Gasteiger partial charge is 0.0601 e. The number of rotatable bonds is 4. The van der Waals surface area contributed by atoms with E-state index in [2.05, 4.69) is 16.7 Å². The average Bonchev–Trinajstić information content (AvgIpc) is 2.77. The normalized spacial score (nSPS) is 31.3. The maximum absolute atomic E-state index is 9.49. The van der Waals surface area contributed by atoms with Crippen LogP contribution in [0.15, 0.2) is 0 Å². The monoisotopic (exact) mass is 227 g/mol. The lowest BCUT2D eigenvalue weighted by Crippen LogP contribution is -2.58. The van der Waals surface area contributed by atoms with E-state index >= 15 is 0 Å². The fourth-order valence-corrected chi connectivity index (χ4v) is 3.11. The fourth-order valence-electron chi connectivity index (χ4n) is 3.11. The van der Waals surface area contributed by atoms with Gasteiger partial charge < -0.3 is 10.8 Å². The van der Waals surface area contributed by atoms with Crippen LogP contribution in [-0.4, -0.2) is 65.8 Å². The molecule has 2 heterocycles. The minimum Gasteiger partial charge on any atom is -0.395 e. The first-order valence-electron chi connectivity index (χ1n) is 6.60. The predicted molar refractivity (Wildman–Crippen MR) is 65.3 cm³/mol. The Bertz CT molecular complexity index is 224. The first-order chi connectivity index (χ1) is 7.76. The molecule has 0 spiro atoms. The van der Waals surface area contributed by atoms with Gasteiger partial charge in [0.05, 0.1) is 6.61 Å². The topological polar surface area (TPSA) is 52.7 Å². The summed E-state index contributed by atoms with van der Waals surface area (Å²) < 4.78 is 0. The summed E-state index contributed by atoms with van der Waals surface area (Å²) in [5.74, 6) is 0. The molecule has 2 aliphatic rings. The van der Waals surface area contributed by atoms with Crippen LogP contribution in [0.1, 0.15) is 26.2 Å². The number of piperazine rings is 1. The third-order valence-corrected chi connectivity index (χ3v) is 4.24. The van der Waals surface area contributed by atoms with Crippen LogP contribution in [0.3, 0.4) is 0 Å². The van der Waals surface area contributed by atoms with Gasteiger partial charge in [-0.2, -0.15) is 0 Å². The third kappa shape index (κ3) is 2.40. The van der Waals surface area contributed by atoms with Crippen LogP contribution in [-0.2, 0) is 0 Å². The molecule has 4 nitrogen and oxygen atoms in total. The molecule has 0 aromatic rings. The van der Waals surface area contributed by atoms with Crippen LogP contribution >= 0.6 is 0 Å². The standard InChI is InChI=1S/C12H25N3O/c1-2-11(13)12(9-16)15-7-6-14-5-3-4-10(14)8-15/h10-12,16H,2-9,13H2,1H3. The molecule has 3 N–H and O–H groups in total. The Morgan fingerprint density at radius 3 is 2.88 bits per heavy atom. The number of nitrogens with two attached hydrogens (primary N) is 1. The van der Waals surface area contributed by atoms with Gasteiger partial charge in [0.1, 0.15) is 0 Å². The molecule has 2 rings (SSSR count). The molecular weight excluding hydrogens is 202 g/mol. The van der Waals surface area contributed by atoms with Crippen molar-refractivity contribution in [3.63, 3.8) is 0 Å². The van der Waals surface area contributed by atoms with Crippen molar-refractivity contribution in [2.24, 2.45) is 5.73 Å². The first kappa shape index (κ1) is 12.3. The summed E-state index contributed by atoms with van der Waals surface area (Å²) in [6.45, 7) is 6.87. The van der Waals surface area contributed by atoms with Gasteiger partial charge >= 0.3 is 0 Å². The molecule has 2 saturated heterocycles. The lowest BCUT2D eigenvalue weighted by Gasteiger charge is -2.42. The number of aliphatic hydroxyl groups is 1. The van der Waals surface area contributed by atoms with E-state index in [9.17, 15) is 5.11 Å². The van der Waals surface area contributed by atoms with Crippen LogP contribution in [0.5, 0.6) is 0 Å². The number of aliphatic hydroxyl groups excluding tert-OH is 1. The maximum Gasteiger partial charge on any atom is 0.0601 e. The molecule has 0 aromatic carbocycles. The Morgan fingerprint density at radius 2 is 2.19 bits per heavy atom. The summed E-state index contributed by atoms with van der Waals surface area (Å²) in [5.41, 5.74) is 6.08. The van der Waals surface area contributed by atoms with E-state index in [0.717, 1.165) is 26.1 Å². The van der Waals surface area contributed by atoms with Gasteiger partial charge in [0.25, 0.3) is 0 Å². The molecule has 0 aliphatic carbocycles. The average molecular weight is 227 g/mol. The minimum absolute atomic E-state index is 0.109. The first-order valence-corrected chi connectivity index (χ1v) is 6.60. The van der Waals surface area contributed by atoms with Crippen molar-refractivity contribution in [2.45, 2.75) is 44.3 Å². The van der Waals surface area contributed by atoms with Crippen molar-refractivity contribution in [3.05, 3.63) is 0 Å². The van der Waals surface area contributed by atoms with Crippen LogP contribution in [0, 0.1) is 0 Å². The second-order valence-electron chi connectivity index (χ2n) is 5.15. The number of nitrogens with zero attached hydrogens (tertiary/aromatic N) is 2. The van der Waals surface area contributed by atoms with E-state index < -0.39 is 0 Å². The zero-order chi connectivity index (χ0) is 11.5. The van der Waals surface area contributed by atoms with E-state index in [1.54, 1.807) is 0 Å². The molecule has 16 heavy (non-hydrogen) atoms. The summed E-state index contributed by atoms with van der Waals surface area (Å²) in [5, 5.41) is 9.49. The van der Waals surface area contributed by atoms with Gasteiger partial charge in [0.2, 0.25) is 0 Å². The maximum atomic E-state index is 9.49. The minimum atomic E-state index is 0.109. The van der Waals surface area contributed by atoms with Crippen molar-refractivity contribution in [1.29, 1.82) is 0 Å². The number of fused-ring (bicyclic) bond motifs is 1. The molecule has 94 valence electrons. The Balaban J connectivity index is 1.93. The fraction of sp³-hybridized carbons (Fsp3) is 1.00. The number of hydrogen-bond acceptors (Lipinski definition) is 4. The van der Waals surface area contributed by atoms with E-state index in [-0.39, 0.29) is 18.7 Å². The highest BCUT2D eigenvalue weighted by molar-refractivity contribution is 4.91. The molecule has 3 atom stereocenters. The summed E-state index contributed by atoms with van der Waals surface area (Å²) in [4.78, 5) is 4.99. The van der Waals surface area contributed by atoms with E-state index in [1.807, 2.05) is 0 Å². The second-order valence-corrected chi connectivity index (χ2v) is 5.15. The largest absolute Gasteiger partial charge is 0.395 e. The van der Waals surface area contributed by atoms with Crippen molar-refractivity contribution >= 4 is 0 Å². The van der Waals surface area contributed by atoms with Gasteiger partial charge in [-0.1, -0.05) is 6.92 Å². The van der Waals surface area contributed by atoms with Crippen LogP contribution in [0.25, 0.3) is 0 Å². The molecule has 0 amide bonds. The quantitative estimate of drug-likeness (QED) is 0.702. The van der Waals surface area contributed by atoms with Gasteiger partial charge in [-0.25, -0.2) is 0 Å². The Morgan fingerprint density at radius 1 is 1.38 bits per heavy atom. The summed E-state index contributed by atoms with van der Waals surface area (Å²) in [7, 11) is 0. The Hall–Kier alpha value is -0.160. The molecule has 3 unspecified atom stereocenters. The molecule has 4 heteroatoms. The van der Waals surface area contributed by atoms with Crippen LogP contribution < -0.4 is 5.73 Å². The van der Waals surface area contributed by atoms with Gasteiger partial charge in [0, 0.05) is 37.8 Å². The molecule has 0 aromatic heterocycles. The summed E-state index contributed by atoms with van der Waals surface area (Å²) in [6.07, 6.45) is 3.59. The zero-order valence-corrected chi connectivity index (χ0v) is 10.3. The van der Waals surface area contributed by atoms with Crippen molar-refractivity contribution in [1.82, 2.24) is 9.80 Å². The van der Waals surface area contributed by atoms with E-state index in [1.165, 1.54) is 19.4 Å². The van der Waals surface area contributed by atoms with E-state index in [4.69, 9.17) is 5.73 Å². The van der Waals surface area contributed by atoms with Gasteiger partial charge in [-0.3, -0.25) is 9.80 Å². The summed E-state index contributed by atoms with van der Waals surface area (Å²) in [6, 6.07) is 0.984. The third-order valence-electron chi connectivity index (χ3n) is 4.24. The van der Waals surface area contributed by atoms with Gasteiger partial charge in [-0.15, -0.1) is 0 Å². The molecular formula is C12H25N3O. The zero-order valence-electron chi connectivity index (χ0n) is 10.3. The Kier molecular flexibility index (Phi) is 4.19. The second kappa shape index (κ2) is 5.45. The highest BCUT2D eigenvalue weighted by atomic mass is 16.3. The van der Waals surface area contributed by atoms with E-state index in [0.29, 0.717) is 6.04 Å². The molecule has 0 radical (unpaired) electrons.